The summed E-state index contributed by atoms with van der Waals surface area (Å²) in [5, 5.41) is 12.1. The first-order valence-corrected chi connectivity index (χ1v) is 11.7. The summed E-state index contributed by atoms with van der Waals surface area (Å²) in [5.41, 5.74) is 12.5. The number of pyridine rings is 3. The van der Waals surface area contributed by atoms with Gasteiger partial charge in [-0.2, -0.15) is 5.10 Å². The summed E-state index contributed by atoms with van der Waals surface area (Å²) in [6.07, 6.45) is 10.8. The fourth-order valence-electron chi connectivity index (χ4n) is 4.90. The molecule has 6 rings (SSSR count). The minimum absolute atomic E-state index is 0.323. The summed E-state index contributed by atoms with van der Waals surface area (Å²) >= 11 is 0. The molecule has 1 saturated heterocycles. The summed E-state index contributed by atoms with van der Waals surface area (Å²) < 4.78 is 14.7. The molecule has 0 bridgehead atoms. The van der Waals surface area contributed by atoms with Crippen LogP contribution in [0, 0.1) is 5.82 Å². The number of aromatic amines is 1. The maximum atomic E-state index is 14.7. The Morgan fingerprint density at radius 2 is 1.74 bits per heavy atom. The molecule has 1 aliphatic heterocycles. The highest BCUT2D eigenvalue weighted by Crippen LogP contribution is 2.37. The normalized spacial score (nSPS) is 14.4. The lowest BCUT2D eigenvalue weighted by atomic mass is 9.90. The zero-order valence-electron chi connectivity index (χ0n) is 19.0. The van der Waals surface area contributed by atoms with E-state index in [1.54, 1.807) is 30.9 Å². The monoisotopic (exact) mass is 465 g/mol. The van der Waals surface area contributed by atoms with Crippen molar-refractivity contribution in [3.63, 3.8) is 0 Å². The molecular formula is C27H24FN7. The van der Waals surface area contributed by atoms with E-state index in [-0.39, 0.29) is 5.82 Å². The second-order valence-electron chi connectivity index (χ2n) is 8.83. The van der Waals surface area contributed by atoms with Crippen molar-refractivity contribution in [1.29, 1.82) is 0 Å². The van der Waals surface area contributed by atoms with Gasteiger partial charge in [0.15, 0.2) is 0 Å². The first kappa shape index (κ1) is 21.4. The smallest absolute Gasteiger partial charge is 0.132 e. The Hall–Kier alpha value is -4.17. The van der Waals surface area contributed by atoms with Gasteiger partial charge in [0.1, 0.15) is 11.6 Å². The number of nitrogen functional groups attached to an aromatic ring is 1. The van der Waals surface area contributed by atoms with E-state index in [1.807, 2.05) is 30.5 Å². The van der Waals surface area contributed by atoms with Crippen molar-refractivity contribution in [2.75, 3.05) is 18.8 Å². The number of nitrogens with one attached hydrogen (secondary N) is 2. The minimum atomic E-state index is -0.323. The standard InChI is InChI=1S/C27H24FN7/c28-24-4-3-19(17-2-1-7-31-12-17)20-11-25(32-14-23(20)24)21-10-18(13-33-27(21)29)22-15-34-35-26(22)16-5-8-30-9-6-16/h1-4,7,10-16,30H,5-6,8-9H2,(H2,29,33)(H,34,35). The van der Waals surface area contributed by atoms with Gasteiger partial charge in [0.2, 0.25) is 0 Å². The van der Waals surface area contributed by atoms with Crippen LogP contribution in [0.3, 0.4) is 0 Å². The molecule has 174 valence electrons. The van der Waals surface area contributed by atoms with Gasteiger partial charge in [-0.05, 0) is 61.1 Å². The van der Waals surface area contributed by atoms with Gasteiger partial charge >= 0.3 is 0 Å². The molecular weight excluding hydrogens is 441 g/mol. The molecule has 0 aliphatic carbocycles. The van der Waals surface area contributed by atoms with Gasteiger partial charge in [-0.3, -0.25) is 15.1 Å². The average molecular weight is 466 g/mol. The molecule has 1 fully saturated rings. The summed E-state index contributed by atoms with van der Waals surface area (Å²) in [5.74, 6) is 0.460. The third kappa shape index (κ3) is 3.91. The molecule has 1 aromatic carbocycles. The van der Waals surface area contributed by atoms with Crippen LogP contribution in [0.25, 0.3) is 44.3 Å². The number of benzene rings is 1. The second-order valence-corrected chi connectivity index (χ2v) is 8.83. The highest BCUT2D eigenvalue weighted by atomic mass is 19.1. The maximum absolute atomic E-state index is 14.7. The first-order chi connectivity index (χ1) is 17.2. The van der Waals surface area contributed by atoms with Crippen LogP contribution in [0.4, 0.5) is 10.2 Å². The number of rotatable bonds is 4. The summed E-state index contributed by atoms with van der Waals surface area (Å²) in [7, 11) is 0. The van der Waals surface area contributed by atoms with Crippen molar-refractivity contribution in [2.45, 2.75) is 18.8 Å². The molecule has 5 aromatic rings. The quantitative estimate of drug-likeness (QED) is 0.347. The Balaban J connectivity index is 1.47. The number of piperidine rings is 1. The van der Waals surface area contributed by atoms with E-state index < -0.39 is 0 Å². The SMILES string of the molecule is Nc1ncc(-c2cn[nH]c2C2CCNCC2)cc1-c1cc2c(-c3cccnc3)ccc(F)c2cn1. The van der Waals surface area contributed by atoms with E-state index >= 15 is 0 Å². The summed E-state index contributed by atoms with van der Waals surface area (Å²) in [4.78, 5) is 13.3. The number of anilines is 1. The maximum Gasteiger partial charge on any atom is 0.132 e. The van der Waals surface area contributed by atoms with Gasteiger partial charge in [-0.25, -0.2) is 9.37 Å². The van der Waals surface area contributed by atoms with Crippen LogP contribution >= 0.6 is 0 Å². The van der Waals surface area contributed by atoms with Crippen LogP contribution in [0.1, 0.15) is 24.5 Å². The molecule has 0 unspecified atom stereocenters. The zero-order chi connectivity index (χ0) is 23.8. The van der Waals surface area contributed by atoms with Gasteiger partial charge in [0.25, 0.3) is 0 Å². The molecule has 0 radical (unpaired) electrons. The number of nitrogens with two attached hydrogens (primary N) is 1. The predicted molar refractivity (Wildman–Crippen MR) is 135 cm³/mol. The number of H-pyrrole nitrogens is 1. The van der Waals surface area contributed by atoms with Crippen LogP contribution in [-0.4, -0.2) is 38.2 Å². The molecule has 35 heavy (non-hydrogen) atoms. The fraction of sp³-hybridized carbons (Fsp3) is 0.185. The topological polar surface area (TPSA) is 105 Å². The predicted octanol–water partition coefficient (Wildman–Crippen LogP) is 4.94. The highest BCUT2D eigenvalue weighted by molar-refractivity contribution is 5.98. The van der Waals surface area contributed by atoms with Gasteiger partial charge < -0.3 is 11.1 Å². The van der Waals surface area contributed by atoms with E-state index in [4.69, 9.17) is 5.73 Å². The van der Waals surface area contributed by atoms with Gasteiger partial charge in [-0.1, -0.05) is 12.1 Å². The van der Waals surface area contributed by atoms with Gasteiger partial charge in [0.05, 0.1) is 11.9 Å². The lowest BCUT2D eigenvalue weighted by Gasteiger charge is -2.22. The first-order valence-electron chi connectivity index (χ1n) is 11.7. The lowest BCUT2D eigenvalue weighted by Crippen LogP contribution is -2.27. The molecule has 0 amide bonds. The Morgan fingerprint density at radius 1 is 0.857 bits per heavy atom. The van der Waals surface area contributed by atoms with Crippen LogP contribution in [0.2, 0.25) is 0 Å². The van der Waals surface area contributed by atoms with Crippen molar-refractivity contribution < 1.29 is 4.39 Å². The number of halogens is 1. The van der Waals surface area contributed by atoms with Gasteiger partial charge in [-0.15, -0.1) is 0 Å². The molecule has 0 saturated carbocycles. The average Bonchev–Trinajstić information content (AvgIpc) is 3.40. The molecule has 1 aliphatic rings. The molecule has 4 N–H and O–H groups in total. The molecule has 5 heterocycles. The molecule has 0 spiro atoms. The van der Waals surface area contributed by atoms with E-state index in [0.29, 0.717) is 28.4 Å². The van der Waals surface area contributed by atoms with E-state index in [9.17, 15) is 4.39 Å². The minimum Gasteiger partial charge on any atom is -0.383 e. The van der Waals surface area contributed by atoms with Crippen LogP contribution in [-0.2, 0) is 0 Å². The van der Waals surface area contributed by atoms with Crippen molar-refractivity contribution in [3.05, 3.63) is 78.9 Å². The number of hydrogen-bond donors (Lipinski definition) is 3. The van der Waals surface area contributed by atoms with Crippen molar-refractivity contribution >= 4 is 16.6 Å². The molecule has 8 heteroatoms. The van der Waals surface area contributed by atoms with Gasteiger partial charge in [0, 0.05) is 64.0 Å². The molecule has 4 aromatic heterocycles. The summed E-state index contributed by atoms with van der Waals surface area (Å²) in [6.45, 7) is 1.98. The fourth-order valence-corrected chi connectivity index (χ4v) is 4.90. The van der Waals surface area contributed by atoms with Crippen molar-refractivity contribution in [3.8, 4) is 33.5 Å². The number of nitrogens with zero attached hydrogens (tertiary/aromatic N) is 4. The number of aromatic nitrogens is 5. The third-order valence-corrected chi connectivity index (χ3v) is 6.74. The van der Waals surface area contributed by atoms with Crippen LogP contribution in [0.15, 0.2) is 67.4 Å². The van der Waals surface area contributed by atoms with E-state index in [0.717, 1.165) is 59.3 Å². The van der Waals surface area contributed by atoms with Crippen molar-refractivity contribution in [2.24, 2.45) is 0 Å². The number of fused-ring (bicyclic) bond motifs is 1. The van der Waals surface area contributed by atoms with Crippen LogP contribution < -0.4 is 11.1 Å². The molecule has 7 nitrogen and oxygen atoms in total. The number of hydrogen-bond acceptors (Lipinski definition) is 6. The van der Waals surface area contributed by atoms with Crippen LogP contribution in [0.5, 0.6) is 0 Å². The highest BCUT2D eigenvalue weighted by Gasteiger charge is 2.22. The Morgan fingerprint density at radius 3 is 2.57 bits per heavy atom. The second kappa shape index (κ2) is 8.88. The Labute approximate surface area is 201 Å². The zero-order valence-corrected chi connectivity index (χ0v) is 19.0. The molecule has 0 atom stereocenters. The van der Waals surface area contributed by atoms with E-state index in [1.165, 1.54) is 6.07 Å². The summed E-state index contributed by atoms with van der Waals surface area (Å²) in [6, 6.07) is 10.9. The largest absolute Gasteiger partial charge is 0.383 e. The third-order valence-electron chi connectivity index (χ3n) is 6.74. The Bertz CT molecular complexity index is 1510. The van der Waals surface area contributed by atoms with E-state index in [2.05, 4.69) is 30.5 Å². The lowest BCUT2D eigenvalue weighted by molar-refractivity contribution is 0.453. The Kier molecular flexibility index (Phi) is 5.42. The van der Waals surface area contributed by atoms with Crippen molar-refractivity contribution in [1.82, 2.24) is 30.5 Å².